The van der Waals surface area contributed by atoms with Gasteiger partial charge in [-0.3, -0.25) is 4.79 Å². The van der Waals surface area contributed by atoms with E-state index in [4.69, 9.17) is 0 Å². The van der Waals surface area contributed by atoms with Crippen LogP contribution in [-0.2, 0) is 27.2 Å². The van der Waals surface area contributed by atoms with E-state index in [9.17, 15) is 22.8 Å². The maximum Gasteiger partial charge on any atom is 0.328 e. The second-order valence-corrected chi connectivity index (χ2v) is 5.35. The number of amides is 1. The average Bonchev–Trinajstić information content (AvgIpc) is 2.57. The van der Waals surface area contributed by atoms with Crippen LogP contribution in [0, 0.1) is 17.5 Å². The molecule has 1 atom stereocenters. The minimum absolute atomic E-state index is 0.0179. The summed E-state index contributed by atoms with van der Waals surface area (Å²) in [6.07, 6.45) is -0.592. The lowest BCUT2D eigenvalue weighted by molar-refractivity contribution is -0.145. The number of halogens is 3. The van der Waals surface area contributed by atoms with Crippen molar-refractivity contribution in [3.05, 3.63) is 71.0 Å². The number of carbonyl (C=O) groups excluding carboxylic acids is 2. The van der Waals surface area contributed by atoms with Crippen molar-refractivity contribution in [1.29, 1.82) is 0 Å². The van der Waals surface area contributed by atoms with Crippen LogP contribution in [0.5, 0.6) is 0 Å². The van der Waals surface area contributed by atoms with E-state index in [1.54, 1.807) is 6.07 Å². The molecule has 0 unspecified atom stereocenters. The quantitative estimate of drug-likeness (QED) is 0.814. The van der Waals surface area contributed by atoms with Crippen LogP contribution in [0.25, 0.3) is 0 Å². The van der Waals surface area contributed by atoms with Crippen molar-refractivity contribution in [2.24, 2.45) is 0 Å². The highest BCUT2D eigenvalue weighted by molar-refractivity contribution is 5.85. The number of carbonyl (C=O) groups is 2. The summed E-state index contributed by atoms with van der Waals surface area (Å²) in [6, 6.07) is 7.68. The van der Waals surface area contributed by atoms with E-state index in [2.05, 4.69) is 10.1 Å². The van der Waals surface area contributed by atoms with Crippen molar-refractivity contribution in [1.82, 2.24) is 5.32 Å². The van der Waals surface area contributed by atoms with Gasteiger partial charge in [0, 0.05) is 12.0 Å². The molecule has 7 heteroatoms. The molecule has 25 heavy (non-hydrogen) atoms. The first-order valence-corrected chi connectivity index (χ1v) is 7.45. The van der Waals surface area contributed by atoms with Crippen LogP contribution in [0.1, 0.15) is 11.1 Å². The molecular formula is C18H16F3NO3. The summed E-state index contributed by atoms with van der Waals surface area (Å²) in [5.74, 6) is -3.69. The Morgan fingerprint density at radius 1 is 1.08 bits per heavy atom. The summed E-state index contributed by atoms with van der Waals surface area (Å²) < 4.78 is 45.1. The fourth-order valence-electron chi connectivity index (χ4n) is 2.34. The van der Waals surface area contributed by atoms with Gasteiger partial charge in [0.1, 0.15) is 23.5 Å². The third-order valence-corrected chi connectivity index (χ3v) is 3.55. The van der Waals surface area contributed by atoms with Crippen molar-refractivity contribution in [2.45, 2.75) is 18.9 Å². The van der Waals surface area contributed by atoms with Gasteiger partial charge in [-0.1, -0.05) is 18.2 Å². The van der Waals surface area contributed by atoms with E-state index in [1.807, 2.05) is 0 Å². The monoisotopic (exact) mass is 351 g/mol. The molecule has 0 fully saturated rings. The van der Waals surface area contributed by atoms with Gasteiger partial charge in [0.25, 0.3) is 0 Å². The van der Waals surface area contributed by atoms with E-state index in [1.165, 1.54) is 24.3 Å². The second kappa shape index (κ2) is 8.32. The molecule has 2 rings (SSSR count). The number of hydrogen-bond acceptors (Lipinski definition) is 3. The number of methoxy groups -OCH3 is 1. The normalized spacial score (nSPS) is 11.7. The number of rotatable bonds is 6. The molecule has 2 aromatic rings. The van der Waals surface area contributed by atoms with E-state index in [-0.39, 0.29) is 6.42 Å². The summed E-state index contributed by atoms with van der Waals surface area (Å²) >= 11 is 0. The predicted molar refractivity (Wildman–Crippen MR) is 84.1 cm³/mol. The zero-order valence-electron chi connectivity index (χ0n) is 13.4. The predicted octanol–water partition coefficient (Wildman–Crippen LogP) is 2.55. The molecule has 0 aliphatic heterocycles. The molecule has 1 N–H and O–H groups in total. The van der Waals surface area contributed by atoms with Crippen LogP contribution in [0.3, 0.4) is 0 Å². The van der Waals surface area contributed by atoms with Crippen molar-refractivity contribution < 1.29 is 27.5 Å². The second-order valence-electron chi connectivity index (χ2n) is 5.35. The SMILES string of the molecule is COC(=O)[C@H](Cc1cccc(F)c1)NC(=O)Cc1c(F)cccc1F. The fraction of sp³-hybridized carbons (Fsp3) is 0.222. The lowest BCUT2D eigenvalue weighted by atomic mass is 10.0. The largest absolute Gasteiger partial charge is 0.467 e. The van der Waals surface area contributed by atoms with Gasteiger partial charge in [0.15, 0.2) is 0 Å². The molecule has 4 nitrogen and oxygen atoms in total. The highest BCUT2D eigenvalue weighted by atomic mass is 19.1. The average molecular weight is 351 g/mol. The first-order chi connectivity index (χ1) is 11.9. The standard InChI is InChI=1S/C18H16F3NO3/c1-25-18(24)16(9-11-4-2-5-12(19)8-11)22-17(23)10-13-14(20)6-3-7-15(13)21/h2-8,16H,9-10H2,1H3,(H,22,23)/t16-/m0/s1. The number of hydrogen-bond donors (Lipinski definition) is 1. The zero-order valence-corrected chi connectivity index (χ0v) is 13.4. The highest BCUT2D eigenvalue weighted by Gasteiger charge is 2.23. The molecule has 0 bridgehead atoms. The molecule has 0 saturated heterocycles. The van der Waals surface area contributed by atoms with E-state index >= 15 is 0 Å². The molecule has 1 amide bonds. The summed E-state index contributed by atoms with van der Waals surface area (Å²) in [4.78, 5) is 23.9. The third kappa shape index (κ3) is 5.07. The Morgan fingerprint density at radius 2 is 1.72 bits per heavy atom. The Morgan fingerprint density at radius 3 is 2.32 bits per heavy atom. The maximum atomic E-state index is 13.6. The first-order valence-electron chi connectivity index (χ1n) is 7.45. The van der Waals surface area contributed by atoms with Crippen molar-refractivity contribution in [3.8, 4) is 0 Å². The molecule has 0 spiro atoms. The Bertz CT molecular complexity index is 760. The molecule has 0 radical (unpaired) electrons. The van der Waals surface area contributed by atoms with Crippen LogP contribution < -0.4 is 5.32 Å². The minimum Gasteiger partial charge on any atom is -0.467 e. The van der Waals surface area contributed by atoms with Gasteiger partial charge in [-0.25, -0.2) is 18.0 Å². The Balaban J connectivity index is 2.11. The molecular weight excluding hydrogens is 335 g/mol. The summed E-state index contributed by atoms with van der Waals surface area (Å²) in [5.41, 5.74) is 0.0714. The van der Waals surface area contributed by atoms with Gasteiger partial charge in [-0.15, -0.1) is 0 Å². The Kier molecular flexibility index (Phi) is 6.16. The van der Waals surface area contributed by atoms with Crippen molar-refractivity contribution >= 4 is 11.9 Å². The van der Waals surface area contributed by atoms with Crippen molar-refractivity contribution in [3.63, 3.8) is 0 Å². The van der Waals surface area contributed by atoms with Crippen LogP contribution >= 0.6 is 0 Å². The molecule has 0 aromatic heterocycles. The number of esters is 1. The van der Waals surface area contributed by atoms with Gasteiger partial charge in [0.2, 0.25) is 5.91 Å². The molecule has 0 saturated carbocycles. The van der Waals surface area contributed by atoms with Crippen LogP contribution in [-0.4, -0.2) is 25.0 Å². The molecule has 0 heterocycles. The van der Waals surface area contributed by atoms with Gasteiger partial charge in [0.05, 0.1) is 13.5 Å². The van der Waals surface area contributed by atoms with Gasteiger partial charge in [-0.05, 0) is 29.8 Å². The molecule has 132 valence electrons. The van der Waals surface area contributed by atoms with E-state index < -0.39 is 47.4 Å². The summed E-state index contributed by atoms with van der Waals surface area (Å²) in [7, 11) is 1.14. The third-order valence-electron chi connectivity index (χ3n) is 3.55. The highest BCUT2D eigenvalue weighted by Crippen LogP contribution is 2.13. The molecule has 0 aliphatic carbocycles. The van der Waals surface area contributed by atoms with Crippen LogP contribution in [0.15, 0.2) is 42.5 Å². The Labute approximate surface area is 142 Å². The fourth-order valence-corrected chi connectivity index (χ4v) is 2.34. The number of benzene rings is 2. The van der Waals surface area contributed by atoms with E-state index in [0.29, 0.717) is 5.56 Å². The summed E-state index contributed by atoms with van der Waals surface area (Å²) in [5, 5.41) is 2.37. The van der Waals surface area contributed by atoms with Gasteiger partial charge < -0.3 is 10.1 Å². The number of nitrogens with one attached hydrogen (secondary N) is 1. The number of ether oxygens (including phenoxy) is 1. The minimum atomic E-state index is -1.10. The van der Waals surface area contributed by atoms with Gasteiger partial charge in [-0.2, -0.15) is 0 Å². The van der Waals surface area contributed by atoms with E-state index in [0.717, 1.165) is 19.2 Å². The van der Waals surface area contributed by atoms with Crippen molar-refractivity contribution in [2.75, 3.05) is 7.11 Å². The first kappa shape index (κ1) is 18.5. The lowest BCUT2D eigenvalue weighted by Crippen LogP contribution is -2.43. The van der Waals surface area contributed by atoms with Crippen LogP contribution in [0.2, 0.25) is 0 Å². The molecule has 2 aromatic carbocycles. The molecule has 0 aliphatic rings. The van der Waals surface area contributed by atoms with Gasteiger partial charge >= 0.3 is 5.97 Å². The Hall–Kier alpha value is -2.83. The maximum absolute atomic E-state index is 13.6. The smallest absolute Gasteiger partial charge is 0.328 e. The summed E-state index contributed by atoms with van der Waals surface area (Å²) in [6.45, 7) is 0. The zero-order chi connectivity index (χ0) is 18.4. The van der Waals surface area contributed by atoms with Crippen LogP contribution in [0.4, 0.5) is 13.2 Å². The topological polar surface area (TPSA) is 55.4 Å². The lowest BCUT2D eigenvalue weighted by Gasteiger charge is -2.17.